The van der Waals surface area contributed by atoms with Gasteiger partial charge in [0, 0.05) is 41.8 Å². The van der Waals surface area contributed by atoms with Crippen LogP contribution < -0.4 is 16.4 Å². The third-order valence-corrected chi connectivity index (χ3v) is 5.56. The van der Waals surface area contributed by atoms with Gasteiger partial charge in [-0.3, -0.25) is 0 Å². The number of aromatic nitrogens is 4. The highest BCUT2D eigenvalue weighted by Crippen LogP contribution is 2.24. The van der Waals surface area contributed by atoms with E-state index in [1.54, 1.807) is 12.4 Å². The van der Waals surface area contributed by atoms with Crippen molar-refractivity contribution in [1.82, 2.24) is 19.9 Å². The number of halogens is 2. The third kappa shape index (κ3) is 9.69. The van der Waals surface area contributed by atoms with E-state index in [4.69, 9.17) is 28.9 Å². The number of nitrogen functional groups attached to an aromatic ring is 1. The maximum absolute atomic E-state index is 5.46. The van der Waals surface area contributed by atoms with Gasteiger partial charge in [0.2, 0.25) is 0 Å². The Bertz CT molecular complexity index is 1360. The second-order valence-electron chi connectivity index (χ2n) is 8.29. The molecular weight excluding hydrogens is 517 g/mol. The van der Waals surface area contributed by atoms with Crippen LogP contribution >= 0.6 is 23.2 Å². The summed E-state index contributed by atoms with van der Waals surface area (Å²) in [6, 6.07) is 24.1. The molecule has 3 aromatic carbocycles. The van der Waals surface area contributed by atoms with Gasteiger partial charge in [0.1, 0.15) is 0 Å². The van der Waals surface area contributed by atoms with E-state index in [0.717, 1.165) is 17.1 Å². The Morgan fingerprint density at radius 1 is 0.553 bits per heavy atom. The van der Waals surface area contributed by atoms with Crippen molar-refractivity contribution in [1.29, 1.82) is 0 Å². The fourth-order valence-corrected chi connectivity index (χ4v) is 3.42. The fraction of sp³-hybridized carbons (Fsp3) is 0.103. The Balaban J connectivity index is 0.000000203. The predicted octanol–water partition coefficient (Wildman–Crippen LogP) is 7.94. The Morgan fingerprint density at radius 2 is 0.947 bits per heavy atom. The quantitative estimate of drug-likeness (QED) is 0.197. The zero-order valence-corrected chi connectivity index (χ0v) is 22.9. The molecule has 0 spiro atoms. The second kappa shape index (κ2) is 14.5. The van der Waals surface area contributed by atoms with Crippen LogP contribution in [-0.2, 0) is 0 Å². The van der Waals surface area contributed by atoms with Crippen molar-refractivity contribution >= 4 is 51.9 Å². The molecule has 194 valence electrons. The first kappa shape index (κ1) is 28.4. The molecule has 0 aliphatic carbocycles. The van der Waals surface area contributed by atoms with Crippen LogP contribution in [-0.4, -0.2) is 19.9 Å². The van der Waals surface area contributed by atoms with Crippen LogP contribution in [0.15, 0.2) is 97.6 Å². The number of benzene rings is 3. The lowest BCUT2D eigenvalue weighted by molar-refractivity contribution is 1.19. The van der Waals surface area contributed by atoms with Gasteiger partial charge in [-0.1, -0.05) is 59.6 Å². The van der Waals surface area contributed by atoms with Crippen molar-refractivity contribution in [2.45, 2.75) is 20.8 Å². The van der Waals surface area contributed by atoms with Crippen LogP contribution in [0.5, 0.6) is 0 Å². The Morgan fingerprint density at radius 3 is 1.29 bits per heavy atom. The molecule has 5 aromatic rings. The number of nitrogens with two attached hydrogens (primary N) is 1. The van der Waals surface area contributed by atoms with E-state index in [-0.39, 0.29) is 10.3 Å². The number of anilines is 5. The molecule has 0 fully saturated rings. The van der Waals surface area contributed by atoms with Crippen molar-refractivity contribution in [2.24, 2.45) is 0 Å². The largest absolute Gasteiger partial charge is 0.399 e. The van der Waals surface area contributed by atoms with E-state index in [9.17, 15) is 0 Å². The van der Waals surface area contributed by atoms with Crippen LogP contribution in [0.1, 0.15) is 16.7 Å². The second-order valence-corrected chi connectivity index (χ2v) is 9.01. The van der Waals surface area contributed by atoms with E-state index in [0.29, 0.717) is 11.6 Å². The lowest BCUT2D eigenvalue weighted by Crippen LogP contribution is -2.02. The van der Waals surface area contributed by atoms with Gasteiger partial charge in [-0.15, -0.1) is 0 Å². The highest BCUT2D eigenvalue weighted by molar-refractivity contribution is 6.40. The first-order chi connectivity index (χ1) is 18.3. The summed E-state index contributed by atoms with van der Waals surface area (Å²) in [5, 5.41) is 7.11. The van der Waals surface area contributed by atoms with E-state index in [1.165, 1.54) is 29.1 Å². The maximum Gasteiger partial charge on any atom is 0.173 e. The zero-order valence-electron chi connectivity index (χ0n) is 21.4. The van der Waals surface area contributed by atoms with Gasteiger partial charge in [-0.2, -0.15) is 0 Å². The lowest BCUT2D eigenvalue weighted by atomic mass is 10.2. The standard InChI is InChI=1S/C18H18N4.C7H9N.C4H2Cl2N2/c1-13-5-3-7-15(11-13)21-17-18(20-10-9-19-17)22-16-8-4-6-14(2)12-16;1-6-3-2-4-7(8)5-6;5-3-4(6)8-2-1-7-3/h3-12H,1-2H3,(H,19,21)(H,20,22);2-5H,8H2,1H3;1-2H. The predicted molar refractivity (Wildman–Crippen MR) is 159 cm³/mol. The van der Waals surface area contributed by atoms with Crippen molar-refractivity contribution < 1.29 is 0 Å². The van der Waals surface area contributed by atoms with Gasteiger partial charge < -0.3 is 16.4 Å². The molecule has 4 N–H and O–H groups in total. The van der Waals surface area contributed by atoms with Crippen LogP contribution in [0.3, 0.4) is 0 Å². The highest BCUT2D eigenvalue weighted by Gasteiger charge is 2.06. The minimum Gasteiger partial charge on any atom is -0.399 e. The van der Waals surface area contributed by atoms with Gasteiger partial charge in [-0.25, -0.2) is 19.9 Å². The third-order valence-electron chi connectivity index (χ3n) is 4.91. The van der Waals surface area contributed by atoms with E-state index < -0.39 is 0 Å². The molecule has 7 nitrogen and oxygen atoms in total. The maximum atomic E-state index is 5.46. The minimum absolute atomic E-state index is 0.245. The topological polar surface area (TPSA) is 102 Å². The van der Waals surface area contributed by atoms with Gasteiger partial charge in [0.25, 0.3) is 0 Å². The van der Waals surface area contributed by atoms with Crippen molar-refractivity contribution in [3.63, 3.8) is 0 Å². The minimum atomic E-state index is 0.245. The molecule has 0 atom stereocenters. The SMILES string of the molecule is Cc1cccc(N)c1.Cc1cccc(Nc2nccnc2Nc2cccc(C)c2)c1.Clc1nccnc1Cl. The Labute approximate surface area is 233 Å². The van der Waals surface area contributed by atoms with Crippen molar-refractivity contribution in [3.05, 3.63) is 125 Å². The van der Waals surface area contributed by atoms with E-state index in [2.05, 4.69) is 68.7 Å². The molecule has 0 saturated carbocycles. The molecule has 0 amide bonds. The average molecular weight is 547 g/mol. The Kier molecular flexibility index (Phi) is 10.8. The highest BCUT2D eigenvalue weighted by atomic mass is 35.5. The molecule has 2 aromatic heterocycles. The van der Waals surface area contributed by atoms with E-state index >= 15 is 0 Å². The molecule has 0 radical (unpaired) electrons. The summed E-state index contributed by atoms with van der Waals surface area (Å²) in [7, 11) is 0. The molecular formula is C29H29Cl2N7. The van der Waals surface area contributed by atoms with Crippen LogP contribution in [0.2, 0.25) is 10.3 Å². The van der Waals surface area contributed by atoms with Gasteiger partial charge >= 0.3 is 0 Å². The summed E-state index contributed by atoms with van der Waals surface area (Å²) < 4.78 is 0. The van der Waals surface area contributed by atoms with Crippen LogP contribution in [0.25, 0.3) is 0 Å². The normalized spacial score (nSPS) is 9.82. The molecule has 5 rings (SSSR count). The molecule has 0 bridgehead atoms. The van der Waals surface area contributed by atoms with Crippen molar-refractivity contribution in [3.8, 4) is 0 Å². The summed E-state index contributed by atoms with van der Waals surface area (Å²) in [6.07, 6.45) is 6.32. The van der Waals surface area contributed by atoms with Crippen molar-refractivity contribution in [2.75, 3.05) is 16.4 Å². The van der Waals surface area contributed by atoms with Crippen LogP contribution in [0.4, 0.5) is 28.7 Å². The monoisotopic (exact) mass is 545 g/mol. The van der Waals surface area contributed by atoms with Gasteiger partial charge in [-0.05, 0) is 73.9 Å². The average Bonchev–Trinajstić information content (AvgIpc) is 2.88. The zero-order chi connectivity index (χ0) is 27.3. The molecule has 0 unspecified atom stereocenters. The summed E-state index contributed by atoms with van der Waals surface area (Å²) in [4.78, 5) is 16.1. The number of nitrogens with one attached hydrogen (secondary N) is 2. The van der Waals surface area contributed by atoms with Gasteiger partial charge in [0.05, 0.1) is 0 Å². The number of hydrogen-bond donors (Lipinski definition) is 3. The summed E-state index contributed by atoms with van der Waals surface area (Å²) in [6.45, 7) is 6.15. The number of rotatable bonds is 4. The lowest BCUT2D eigenvalue weighted by Gasteiger charge is -2.12. The summed E-state index contributed by atoms with van der Waals surface area (Å²) in [5.74, 6) is 1.41. The first-order valence-electron chi connectivity index (χ1n) is 11.7. The summed E-state index contributed by atoms with van der Waals surface area (Å²) in [5.41, 5.74) is 11.9. The first-order valence-corrected chi connectivity index (χ1v) is 12.5. The van der Waals surface area contributed by atoms with Gasteiger partial charge in [0.15, 0.2) is 21.9 Å². The van der Waals surface area contributed by atoms with E-state index in [1.807, 2.05) is 55.5 Å². The molecule has 38 heavy (non-hydrogen) atoms. The number of aryl methyl sites for hydroxylation is 3. The molecule has 2 heterocycles. The Hall–Kier alpha value is -4.20. The smallest absolute Gasteiger partial charge is 0.173 e. The molecule has 0 saturated heterocycles. The molecule has 9 heteroatoms. The molecule has 0 aliphatic heterocycles. The fourth-order valence-electron chi connectivity index (χ4n) is 3.21. The van der Waals surface area contributed by atoms with Crippen LogP contribution in [0, 0.1) is 20.8 Å². The number of hydrogen-bond acceptors (Lipinski definition) is 7. The number of nitrogens with zero attached hydrogens (tertiary/aromatic N) is 4. The molecule has 0 aliphatic rings. The summed E-state index contributed by atoms with van der Waals surface area (Å²) >= 11 is 10.8.